The largest absolute Gasteiger partial charge is 0.290 e. The summed E-state index contributed by atoms with van der Waals surface area (Å²) in [4.78, 5) is 0. The zero-order valence-electron chi connectivity index (χ0n) is 14.7. The van der Waals surface area contributed by atoms with Crippen molar-refractivity contribution < 1.29 is 4.57 Å². The number of aryl methyl sites for hydroxylation is 2. The van der Waals surface area contributed by atoms with Crippen LogP contribution in [0.15, 0.2) is 66.7 Å². The van der Waals surface area contributed by atoms with Crippen molar-refractivity contribution in [2.24, 2.45) is 0 Å². The van der Waals surface area contributed by atoms with Crippen LogP contribution in [0.4, 0.5) is 0 Å². The lowest BCUT2D eigenvalue weighted by Crippen LogP contribution is -2.31. The van der Waals surface area contributed by atoms with Crippen LogP contribution in [0.3, 0.4) is 0 Å². The quantitative estimate of drug-likeness (QED) is 0.419. The lowest BCUT2D eigenvalue weighted by molar-refractivity contribution is -0.646. The van der Waals surface area contributed by atoms with Crippen LogP contribution in [0.1, 0.15) is 22.3 Å². The molecule has 0 amide bonds. The van der Waals surface area contributed by atoms with Gasteiger partial charge in [-0.2, -0.15) is 0 Å². The van der Waals surface area contributed by atoms with Crippen molar-refractivity contribution >= 4 is 11.0 Å². The highest BCUT2D eigenvalue weighted by Crippen LogP contribution is 2.32. The number of nitrogens with zero attached hydrogens (tertiary/aromatic N) is 2. The van der Waals surface area contributed by atoms with E-state index >= 15 is 0 Å². The van der Waals surface area contributed by atoms with Crippen LogP contribution in [0, 0.1) is 13.8 Å². The maximum Gasteiger partial charge on any atom is 0.290 e. The highest BCUT2D eigenvalue weighted by atomic mass is 15.2. The number of hydrogen-bond acceptors (Lipinski definition) is 0. The first-order valence-corrected chi connectivity index (χ1v) is 8.88. The van der Waals surface area contributed by atoms with Crippen LogP contribution in [-0.2, 0) is 13.1 Å². The Balaban J connectivity index is 1.82. The van der Waals surface area contributed by atoms with Crippen LogP contribution in [0.2, 0.25) is 0 Å². The molecule has 0 radical (unpaired) electrons. The van der Waals surface area contributed by atoms with Gasteiger partial charge >= 0.3 is 0 Å². The molecule has 1 aromatic heterocycles. The van der Waals surface area contributed by atoms with Gasteiger partial charge < -0.3 is 0 Å². The summed E-state index contributed by atoms with van der Waals surface area (Å²) in [5.74, 6) is 1.33. The second-order valence-corrected chi connectivity index (χ2v) is 7.06. The second-order valence-electron chi connectivity index (χ2n) is 7.06. The van der Waals surface area contributed by atoms with E-state index in [2.05, 4.69) is 89.7 Å². The third-order valence-corrected chi connectivity index (χ3v) is 5.45. The first-order chi connectivity index (χ1) is 12.2. The van der Waals surface area contributed by atoms with Crippen LogP contribution in [-0.4, -0.2) is 4.57 Å². The molecule has 0 spiro atoms. The molecule has 1 aliphatic rings. The van der Waals surface area contributed by atoms with Gasteiger partial charge in [0.2, 0.25) is 0 Å². The van der Waals surface area contributed by atoms with Crippen molar-refractivity contribution in [1.29, 1.82) is 0 Å². The van der Waals surface area contributed by atoms with Gasteiger partial charge in [-0.25, -0.2) is 9.13 Å². The Labute approximate surface area is 148 Å². The molecule has 0 bridgehead atoms. The number of imidazole rings is 1. The van der Waals surface area contributed by atoms with Crippen molar-refractivity contribution in [2.45, 2.75) is 26.9 Å². The third-order valence-electron chi connectivity index (χ3n) is 5.45. The Morgan fingerprint density at radius 1 is 0.880 bits per heavy atom. The fraction of sp³-hybridized carbons (Fsp3) is 0.174. The van der Waals surface area contributed by atoms with E-state index in [1.165, 1.54) is 44.7 Å². The summed E-state index contributed by atoms with van der Waals surface area (Å²) in [5.41, 5.74) is 9.50. The number of fused-ring (bicyclic) bond motifs is 5. The molecule has 0 saturated heterocycles. The normalized spacial score (nSPS) is 12.4. The molecule has 25 heavy (non-hydrogen) atoms. The summed E-state index contributed by atoms with van der Waals surface area (Å²) < 4.78 is 4.97. The SMILES string of the molecule is Cc1cc2c(cc1C)[n+]1c(n2Cc2ccccc2)-c2ccccc2C1. The summed E-state index contributed by atoms with van der Waals surface area (Å²) in [6.07, 6.45) is 0. The molecule has 5 rings (SSSR count). The van der Waals surface area contributed by atoms with E-state index in [4.69, 9.17) is 0 Å². The number of rotatable bonds is 2. The predicted molar refractivity (Wildman–Crippen MR) is 102 cm³/mol. The molecule has 0 saturated carbocycles. The van der Waals surface area contributed by atoms with E-state index in [9.17, 15) is 0 Å². The fourth-order valence-electron chi connectivity index (χ4n) is 4.02. The van der Waals surface area contributed by atoms with Gasteiger partial charge in [0, 0.05) is 5.56 Å². The Hall–Kier alpha value is -2.87. The van der Waals surface area contributed by atoms with Gasteiger partial charge in [0.1, 0.15) is 13.1 Å². The maximum atomic E-state index is 2.49. The highest BCUT2D eigenvalue weighted by Gasteiger charge is 2.33. The minimum Gasteiger partial charge on any atom is -0.219 e. The third kappa shape index (κ3) is 2.14. The molecule has 4 aromatic rings. The first kappa shape index (κ1) is 14.5. The molecule has 122 valence electrons. The van der Waals surface area contributed by atoms with E-state index in [1.807, 2.05) is 0 Å². The van der Waals surface area contributed by atoms with Gasteiger partial charge in [0.15, 0.2) is 11.0 Å². The topological polar surface area (TPSA) is 8.81 Å². The van der Waals surface area contributed by atoms with Gasteiger partial charge in [-0.1, -0.05) is 48.5 Å². The minimum absolute atomic E-state index is 0.899. The smallest absolute Gasteiger partial charge is 0.219 e. The molecule has 0 N–H and O–H groups in total. The van der Waals surface area contributed by atoms with Crippen molar-refractivity contribution in [3.05, 3.63) is 89.0 Å². The van der Waals surface area contributed by atoms with E-state index in [1.54, 1.807) is 0 Å². The minimum atomic E-state index is 0.899. The lowest BCUT2D eigenvalue weighted by Gasteiger charge is -2.04. The van der Waals surface area contributed by atoms with Gasteiger partial charge in [-0.05, 0) is 48.7 Å². The Morgan fingerprint density at radius 2 is 1.60 bits per heavy atom. The van der Waals surface area contributed by atoms with Crippen molar-refractivity contribution in [3.63, 3.8) is 0 Å². The zero-order valence-corrected chi connectivity index (χ0v) is 14.7. The van der Waals surface area contributed by atoms with Gasteiger partial charge in [-0.3, -0.25) is 0 Å². The van der Waals surface area contributed by atoms with Crippen LogP contribution >= 0.6 is 0 Å². The summed E-state index contributed by atoms with van der Waals surface area (Å²) >= 11 is 0. The maximum absolute atomic E-state index is 2.49. The summed E-state index contributed by atoms with van der Waals surface area (Å²) in [7, 11) is 0. The summed E-state index contributed by atoms with van der Waals surface area (Å²) in [6.45, 7) is 6.28. The average Bonchev–Trinajstić information content (AvgIpc) is 3.13. The molecule has 2 nitrogen and oxygen atoms in total. The fourth-order valence-corrected chi connectivity index (χ4v) is 4.02. The van der Waals surface area contributed by atoms with E-state index < -0.39 is 0 Å². The Bertz CT molecular complexity index is 1100. The summed E-state index contributed by atoms with van der Waals surface area (Å²) in [5, 5.41) is 0. The second kappa shape index (κ2) is 5.32. The summed E-state index contributed by atoms with van der Waals surface area (Å²) in [6, 6.07) is 24.3. The molecule has 0 atom stereocenters. The highest BCUT2D eigenvalue weighted by molar-refractivity contribution is 5.79. The molecule has 2 heterocycles. The molecule has 1 aliphatic heterocycles. The molecule has 2 heteroatoms. The Kier molecular flexibility index (Phi) is 3.08. The van der Waals surface area contributed by atoms with Gasteiger partial charge in [0.05, 0.1) is 5.56 Å². The van der Waals surface area contributed by atoms with Crippen molar-refractivity contribution in [1.82, 2.24) is 4.57 Å². The van der Waals surface area contributed by atoms with Gasteiger partial charge in [-0.15, -0.1) is 0 Å². The number of hydrogen-bond donors (Lipinski definition) is 0. The number of aromatic nitrogens is 2. The lowest BCUT2D eigenvalue weighted by atomic mass is 10.1. The number of benzene rings is 3. The molecular formula is C23H21N2+. The van der Waals surface area contributed by atoms with Crippen molar-refractivity contribution in [3.8, 4) is 11.4 Å². The molecule has 0 fully saturated rings. The molecule has 3 aromatic carbocycles. The molecule has 0 unspecified atom stereocenters. The zero-order chi connectivity index (χ0) is 17.0. The molecule has 0 aliphatic carbocycles. The van der Waals surface area contributed by atoms with E-state index in [0.29, 0.717) is 0 Å². The standard InChI is InChI=1S/C23H21N2/c1-16-12-21-22(13-17(16)2)25-15-19-10-6-7-11-20(19)23(25)24(21)14-18-8-4-3-5-9-18/h3-13H,14-15H2,1-2H3/q+1. The van der Waals surface area contributed by atoms with Gasteiger partial charge in [0.25, 0.3) is 5.82 Å². The van der Waals surface area contributed by atoms with Crippen LogP contribution < -0.4 is 4.57 Å². The average molecular weight is 325 g/mol. The predicted octanol–water partition coefficient (Wildman–Crippen LogP) is 4.62. The van der Waals surface area contributed by atoms with E-state index in [-0.39, 0.29) is 0 Å². The first-order valence-electron chi connectivity index (χ1n) is 8.88. The van der Waals surface area contributed by atoms with Crippen LogP contribution in [0.5, 0.6) is 0 Å². The molecular weight excluding hydrogens is 304 g/mol. The van der Waals surface area contributed by atoms with Crippen molar-refractivity contribution in [2.75, 3.05) is 0 Å². The van der Waals surface area contributed by atoms with Crippen LogP contribution in [0.25, 0.3) is 22.4 Å². The Morgan fingerprint density at radius 3 is 2.44 bits per heavy atom. The monoisotopic (exact) mass is 325 g/mol. The van der Waals surface area contributed by atoms with E-state index in [0.717, 1.165) is 13.1 Å².